The summed E-state index contributed by atoms with van der Waals surface area (Å²) in [6.07, 6.45) is 2.52. The maximum absolute atomic E-state index is 5.67. The minimum Gasteiger partial charge on any atom is -0.497 e. The van der Waals surface area contributed by atoms with Crippen molar-refractivity contribution in [1.29, 1.82) is 0 Å². The third-order valence-corrected chi connectivity index (χ3v) is 5.74. The summed E-state index contributed by atoms with van der Waals surface area (Å²) in [7, 11) is 3.53. The molecule has 1 aliphatic heterocycles. The maximum atomic E-state index is 5.67. The first kappa shape index (κ1) is 24.9. The number of aromatic nitrogens is 1. The largest absolute Gasteiger partial charge is 0.497 e. The van der Waals surface area contributed by atoms with Gasteiger partial charge in [-0.3, -0.25) is 4.99 Å². The average Bonchev–Trinajstić information content (AvgIpc) is 3.31. The van der Waals surface area contributed by atoms with Crippen molar-refractivity contribution in [2.75, 3.05) is 51.8 Å². The average molecular weight is 561 g/mol. The second kappa shape index (κ2) is 11.9. The predicted molar refractivity (Wildman–Crippen MR) is 144 cm³/mol. The van der Waals surface area contributed by atoms with Crippen molar-refractivity contribution >= 4 is 35.6 Å². The summed E-state index contributed by atoms with van der Waals surface area (Å²) < 4.78 is 10.9. The number of nitrogens with one attached hydrogen (secondary N) is 1. The minimum absolute atomic E-state index is 0. The third-order valence-electron chi connectivity index (χ3n) is 5.74. The van der Waals surface area contributed by atoms with Crippen LogP contribution < -0.4 is 15.0 Å². The number of piperazine rings is 1. The Morgan fingerprint density at radius 2 is 1.76 bits per heavy atom. The second-order valence-corrected chi connectivity index (χ2v) is 7.91. The highest BCUT2D eigenvalue weighted by atomic mass is 127. The van der Waals surface area contributed by atoms with Gasteiger partial charge in [0.1, 0.15) is 12.0 Å². The molecule has 1 N–H and O–H groups in total. The zero-order valence-corrected chi connectivity index (χ0v) is 21.8. The van der Waals surface area contributed by atoms with E-state index in [4.69, 9.17) is 9.15 Å². The van der Waals surface area contributed by atoms with Crippen molar-refractivity contribution in [2.45, 2.75) is 13.3 Å². The number of aliphatic imine (C=N–C) groups is 1. The van der Waals surface area contributed by atoms with Crippen molar-refractivity contribution in [3.63, 3.8) is 0 Å². The van der Waals surface area contributed by atoms with Crippen LogP contribution in [0.1, 0.15) is 11.3 Å². The van der Waals surface area contributed by atoms with E-state index in [1.165, 1.54) is 11.3 Å². The van der Waals surface area contributed by atoms with Crippen LogP contribution in [-0.2, 0) is 6.42 Å². The summed E-state index contributed by atoms with van der Waals surface area (Å²) in [5.41, 5.74) is 4.39. The van der Waals surface area contributed by atoms with Gasteiger partial charge in [0, 0.05) is 57.4 Å². The Bertz CT molecular complexity index is 1030. The summed E-state index contributed by atoms with van der Waals surface area (Å²) in [5.74, 6) is 2.48. The molecule has 0 spiro atoms. The summed E-state index contributed by atoms with van der Waals surface area (Å²) in [5, 5.41) is 3.47. The Morgan fingerprint density at radius 1 is 1.06 bits per heavy atom. The van der Waals surface area contributed by atoms with Gasteiger partial charge in [0.05, 0.1) is 12.8 Å². The van der Waals surface area contributed by atoms with E-state index in [2.05, 4.69) is 56.3 Å². The molecule has 1 aromatic heterocycles. The number of hydrogen-bond acceptors (Lipinski definition) is 5. The lowest BCUT2D eigenvalue weighted by Gasteiger charge is -2.37. The smallest absolute Gasteiger partial charge is 0.226 e. The van der Waals surface area contributed by atoms with Gasteiger partial charge in [-0.1, -0.05) is 17.7 Å². The van der Waals surface area contributed by atoms with E-state index in [-0.39, 0.29) is 24.0 Å². The summed E-state index contributed by atoms with van der Waals surface area (Å²) in [6.45, 7) is 6.58. The molecular formula is C25H32IN5O2. The van der Waals surface area contributed by atoms with Crippen LogP contribution in [0, 0.1) is 6.92 Å². The molecule has 8 heteroatoms. The topological polar surface area (TPSA) is 66.1 Å². The number of ether oxygens (including phenoxy) is 1. The Hall–Kier alpha value is -2.75. The molecule has 1 saturated heterocycles. The number of methoxy groups -OCH3 is 1. The Labute approximate surface area is 212 Å². The van der Waals surface area contributed by atoms with Crippen LogP contribution in [0.25, 0.3) is 11.5 Å². The SMILES string of the molecule is CN=C(NCCc1coc(-c2ccc(C)cc2)n1)N1CCN(c2ccc(OC)cc2)CC1.I. The summed E-state index contributed by atoms with van der Waals surface area (Å²) in [4.78, 5) is 13.8. The Balaban J connectivity index is 0.00000306. The second-order valence-electron chi connectivity index (χ2n) is 7.91. The van der Waals surface area contributed by atoms with E-state index in [1.807, 2.05) is 31.3 Å². The number of hydrogen-bond donors (Lipinski definition) is 1. The van der Waals surface area contributed by atoms with Gasteiger partial charge in [-0.2, -0.15) is 0 Å². The molecular weight excluding hydrogens is 529 g/mol. The monoisotopic (exact) mass is 561 g/mol. The highest BCUT2D eigenvalue weighted by Gasteiger charge is 2.20. The van der Waals surface area contributed by atoms with Crippen LogP contribution >= 0.6 is 24.0 Å². The molecule has 1 fully saturated rings. The lowest BCUT2D eigenvalue weighted by Crippen LogP contribution is -2.52. The predicted octanol–water partition coefficient (Wildman–Crippen LogP) is 4.22. The number of halogens is 1. The fraction of sp³-hybridized carbons (Fsp3) is 0.360. The minimum atomic E-state index is 0. The molecule has 4 rings (SSSR count). The molecule has 2 aromatic carbocycles. The van der Waals surface area contributed by atoms with Gasteiger partial charge >= 0.3 is 0 Å². The van der Waals surface area contributed by atoms with Crippen LogP contribution in [0.3, 0.4) is 0 Å². The molecule has 176 valence electrons. The molecule has 0 unspecified atom stereocenters. The van der Waals surface area contributed by atoms with Crippen LogP contribution in [0.4, 0.5) is 5.69 Å². The Kier molecular flexibility index (Phi) is 8.99. The van der Waals surface area contributed by atoms with Crippen LogP contribution in [0.2, 0.25) is 0 Å². The van der Waals surface area contributed by atoms with Gasteiger partial charge < -0.3 is 24.3 Å². The molecule has 7 nitrogen and oxygen atoms in total. The van der Waals surface area contributed by atoms with Crippen LogP contribution in [-0.4, -0.2) is 62.7 Å². The highest BCUT2D eigenvalue weighted by Crippen LogP contribution is 2.21. The number of rotatable bonds is 6. The van der Waals surface area contributed by atoms with E-state index in [1.54, 1.807) is 13.4 Å². The van der Waals surface area contributed by atoms with Gasteiger partial charge in [-0.15, -0.1) is 24.0 Å². The zero-order chi connectivity index (χ0) is 22.3. The van der Waals surface area contributed by atoms with Crippen LogP contribution in [0.15, 0.2) is 64.2 Å². The molecule has 1 aliphatic rings. The first-order chi connectivity index (χ1) is 15.7. The fourth-order valence-corrected chi connectivity index (χ4v) is 3.85. The van der Waals surface area contributed by atoms with Crippen molar-refractivity contribution in [3.8, 4) is 17.2 Å². The highest BCUT2D eigenvalue weighted by molar-refractivity contribution is 14.0. The van der Waals surface area contributed by atoms with Crippen LogP contribution in [0.5, 0.6) is 5.75 Å². The molecule has 2 heterocycles. The summed E-state index contributed by atoms with van der Waals surface area (Å²) >= 11 is 0. The molecule has 0 amide bonds. The van der Waals surface area contributed by atoms with Crippen molar-refractivity contribution in [1.82, 2.24) is 15.2 Å². The lowest BCUT2D eigenvalue weighted by atomic mass is 10.1. The van der Waals surface area contributed by atoms with E-state index in [0.29, 0.717) is 5.89 Å². The number of guanidine groups is 1. The number of benzene rings is 2. The fourth-order valence-electron chi connectivity index (χ4n) is 3.85. The zero-order valence-electron chi connectivity index (χ0n) is 19.5. The standard InChI is InChI=1S/C25H31N5O2.HI/c1-19-4-6-20(7-5-19)24-28-21(18-32-24)12-13-27-25(26-2)30-16-14-29(15-17-30)22-8-10-23(31-3)11-9-22;/h4-11,18H,12-17H2,1-3H3,(H,26,27);1H. The van der Waals surface area contributed by atoms with E-state index in [0.717, 1.165) is 62.1 Å². The number of nitrogens with zero attached hydrogens (tertiary/aromatic N) is 4. The third kappa shape index (κ3) is 6.40. The van der Waals surface area contributed by atoms with E-state index < -0.39 is 0 Å². The van der Waals surface area contributed by atoms with Gasteiger partial charge in [0.15, 0.2) is 5.96 Å². The first-order valence-electron chi connectivity index (χ1n) is 11.0. The van der Waals surface area contributed by atoms with Gasteiger partial charge in [-0.25, -0.2) is 4.98 Å². The van der Waals surface area contributed by atoms with Crippen molar-refractivity contribution in [2.24, 2.45) is 4.99 Å². The molecule has 0 radical (unpaired) electrons. The summed E-state index contributed by atoms with van der Waals surface area (Å²) in [6, 6.07) is 16.5. The number of oxazole rings is 1. The number of aryl methyl sites for hydroxylation is 1. The van der Waals surface area contributed by atoms with E-state index >= 15 is 0 Å². The molecule has 0 atom stereocenters. The van der Waals surface area contributed by atoms with Gasteiger partial charge in [0.25, 0.3) is 0 Å². The van der Waals surface area contributed by atoms with Gasteiger partial charge in [0.2, 0.25) is 5.89 Å². The molecule has 0 saturated carbocycles. The normalized spacial score (nSPS) is 14.1. The molecule has 0 aliphatic carbocycles. The molecule has 3 aromatic rings. The van der Waals surface area contributed by atoms with Crippen molar-refractivity contribution < 1.29 is 9.15 Å². The molecule has 0 bridgehead atoms. The first-order valence-corrected chi connectivity index (χ1v) is 11.0. The Morgan fingerprint density at radius 3 is 2.39 bits per heavy atom. The maximum Gasteiger partial charge on any atom is 0.226 e. The molecule has 33 heavy (non-hydrogen) atoms. The van der Waals surface area contributed by atoms with Crippen molar-refractivity contribution in [3.05, 3.63) is 66.1 Å². The quantitative estimate of drug-likeness (QED) is 0.276. The lowest BCUT2D eigenvalue weighted by molar-refractivity contribution is 0.372. The number of anilines is 1. The van der Waals surface area contributed by atoms with E-state index in [9.17, 15) is 0 Å². The van der Waals surface area contributed by atoms with Gasteiger partial charge in [-0.05, 0) is 43.3 Å².